The fraction of sp³-hybridized carbons (Fsp3) is 1.00. The van der Waals surface area contributed by atoms with Crippen LogP contribution in [0.4, 0.5) is 0 Å². The Hall–Kier alpha value is -0.120. The first-order chi connectivity index (χ1) is 11.6. The van der Waals surface area contributed by atoms with Crippen molar-refractivity contribution in [2.45, 2.75) is 130 Å². The van der Waals surface area contributed by atoms with Crippen molar-refractivity contribution in [2.24, 2.45) is 0 Å². The van der Waals surface area contributed by atoms with Crippen molar-refractivity contribution in [1.82, 2.24) is 4.90 Å². The molecule has 0 aromatic rings. The van der Waals surface area contributed by atoms with Gasteiger partial charge >= 0.3 is 0 Å². The van der Waals surface area contributed by atoms with E-state index >= 15 is 0 Å². The third-order valence-electron chi connectivity index (χ3n) is 4.98. The fourth-order valence-corrected chi connectivity index (χ4v) is 3.35. The molecule has 0 rings (SSSR count). The standard InChI is InChI=1S/C21H45NO2/c1-4-5-6-7-8-9-10-11-12-13-14-15-16-17-18-19-22(20(2)23)21(3)24/h20-21,23-24H,4-19H2,1-3H3. The van der Waals surface area contributed by atoms with Gasteiger partial charge in [-0.2, -0.15) is 0 Å². The summed E-state index contributed by atoms with van der Waals surface area (Å²) in [5.74, 6) is 0. The first kappa shape index (κ1) is 23.9. The summed E-state index contributed by atoms with van der Waals surface area (Å²) < 4.78 is 0. The molecule has 0 radical (unpaired) electrons. The predicted octanol–water partition coefficient (Wildman–Crippen LogP) is 5.84. The van der Waals surface area contributed by atoms with Gasteiger partial charge < -0.3 is 10.2 Å². The van der Waals surface area contributed by atoms with Crippen LogP contribution in [0.2, 0.25) is 0 Å². The molecular weight excluding hydrogens is 298 g/mol. The van der Waals surface area contributed by atoms with E-state index in [9.17, 15) is 10.2 Å². The Morgan fingerprint density at radius 2 is 0.833 bits per heavy atom. The minimum atomic E-state index is -0.559. The fourth-order valence-electron chi connectivity index (χ4n) is 3.35. The van der Waals surface area contributed by atoms with Crippen LogP contribution in [0.3, 0.4) is 0 Å². The van der Waals surface area contributed by atoms with Crippen LogP contribution in [0, 0.1) is 0 Å². The van der Waals surface area contributed by atoms with Crippen molar-refractivity contribution >= 4 is 0 Å². The van der Waals surface area contributed by atoms with Crippen LogP contribution in [0.15, 0.2) is 0 Å². The van der Waals surface area contributed by atoms with Crippen LogP contribution >= 0.6 is 0 Å². The highest BCUT2D eigenvalue weighted by Gasteiger charge is 2.14. The summed E-state index contributed by atoms with van der Waals surface area (Å²) in [5.41, 5.74) is 0. The number of rotatable bonds is 18. The van der Waals surface area contributed by atoms with E-state index in [1.54, 1.807) is 18.7 Å². The molecule has 3 nitrogen and oxygen atoms in total. The van der Waals surface area contributed by atoms with Crippen molar-refractivity contribution in [3.05, 3.63) is 0 Å². The van der Waals surface area contributed by atoms with Gasteiger partial charge in [-0.3, -0.25) is 4.90 Å². The molecule has 146 valence electrons. The van der Waals surface area contributed by atoms with Crippen LogP contribution < -0.4 is 0 Å². The summed E-state index contributed by atoms with van der Waals surface area (Å²) in [6.45, 7) is 6.50. The highest BCUT2D eigenvalue weighted by molar-refractivity contribution is 4.59. The smallest absolute Gasteiger partial charge is 0.106 e. The maximum absolute atomic E-state index is 9.56. The lowest BCUT2D eigenvalue weighted by atomic mass is 10.0. The van der Waals surface area contributed by atoms with Gasteiger partial charge in [0.1, 0.15) is 12.5 Å². The van der Waals surface area contributed by atoms with Gasteiger partial charge in [0.2, 0.25) is 0 Å². The predicted molar refractivity (Wildman–Crippen MR) is 105 cm³/mol. The Balaban J connectivity index is 3.20. The van der Waals surface area contributed by atoms with Crippen molar-refractivity contribution in [2.75, 3.05) is 6.54 Å². The Labute approximate surface area is 151 Å². The molecule has 0 fully saturated rings. The molecule has 0 aromatic carbocycles. The minimum absolute atomic E-state index is 0.559. The van der Waals surface area contributed by atoms with E-state index in [0.29, 0.717) is 0 Å². The van der Waals surface area contributed by atoms with Gasteiger partial charge in [0.25, 0.3) is 0 Å². The molecule has 0 spiro atoms. The van der Waals surface area contributed by atoms with E-state index in [1.807, 2.05) is 0 Å². The highest BCUT2D eigenvalue weighted by atomic mass is 16.3. The molecule has 3 heteroatoms. The van der Waals surface area contributed by atoms with Gasteiger partial charge in [0, 0.05) is 6.54 Å². The molecule has 0 saturated heterocycles. The van der Waals surface area contributed by atoms with Crippen LogP contribution in [0.1, 0.15) is 117 Å². The Morgan fingerprint density at radius 3 is 1.12 bits per heavy atom. The SMILES string of the molecule is CCCCCCCCCCCCCCCCCN(C(C)O)C(C)O. The lowest BCUT2D eigenvalue weighted by molar-refractivity contribution is -0.0844. The molecule has 24 heavy (non-hydrogen) atoms. The second-order valence-corrected chi connectivity index (χ2v) is 7.45. The van der Waals surface area contributed by atoms with Crippen LogP contribution in [-0.4, -0.2) is 34.1 Å². The molecule has 0 aliphatic heterocycles. The van der Waals surface area contributed by atoms with Crippen LogP contribution in [0.25, 0.3) is 0 Å². The number of unbranched alkanes of at least 4 members (excludes halogenated alkanes) is 14. The zero-order chi connectivity index (χ0) is 18.0. The van der Waals surface area contributed by atoms with Crippen LogP contribution in [0.5, 0.6) is 0 Å². The average molecular weight is 344 g/mol. The quantitative estimate of drug-likeness (QED) is 0.243. The van der Waals surface area contributed by atoms with E-state index in [-0.39, 0.29) is 0 Å². The molecule has 2 atom stereocenters. The Morgan fingerprint density at radius 1 is 0.542 bits per heavy atom. The van der Waals surface area contributed by atoms with Crippen molar-refractivity contribution < 1.29 is 10.2 Å². The van der Waals surface area contributed by atoms with E-state index in [0.717, 1.165) is 13.0 Å². The van der Waals surface area contributed by atoms with Crippen molar-refractivity contribution in [1.29, 1.82) is 0 Å². The van der Waals surface area contributed by atoms with E-state index in [4.69, 9.17) is 0 Å². The highest BCUT2D eigenvalue weighted by Crippen LogP contribution is 2.13. The van der Waals surface area contributed by atoms with Gasteiger partial charge in [0.05, 0.1) is 0 Å². The minimum Gasteiger partial charge on any atom is -0.379 e. The monoisotopic (exact) mass is 343 g/mol. The molecule has 0 aliphatic carbocycles. The molecule has 0 aromatic heterocycles. The van der Waals surface area contributed by atoms with Gasteiger partial charge in [-0.25, -0.2) is 0 Å². The lowest BCUT2D eigenvalue weighted by Crippen LogP contribution is -2.40. The Bertz CT molecular complexity index is 236. The average Bonchev–Trinajstić information content (AvgIpc) is 2.53. The maximum atomic E-state index is 9.56. The van der Waals surface area contributed by atoms with Crippen molar-refractivity contribution in [3.63, 3.8) is 0 Å². The molecule has 2 N–H and O–H groups in total. The number of hydrogen-bond donors (Lipinski definition) is 2. The second kappa shape index (κ2) is 17.7. The Kier molecular flexibility index (Phi) is 17.6. The number of aliphatic hydroxyl groups excluding tert-OH is 2. The van der Waals surface area contributed by atoms with Crippen LogP contribution in [-0.2, 0) is 0 Å². The lowest BCUT2D eigenvalue weighted by Gasteiger charge is -2.27. The maximum Gasteiger partial charge on any atom is 0.106 e. The topological polar surface area (TPSA) is 43.7 Å². The molecular formula is C21H45NO2. The summed E-state index contributed by atoms with van der Waals surface area (Å²) in [4.78, 5) is 1.74. The summed E-state index contributed by atoms with van der Waals surface area (Å²) >= 11 is 0. The van der Waals surface area contributed by atoms with E-state index in [1.165, 1.54) is 89.9 Å². The normalized spacial score (nSPS) is 14.2. The zero-order valence-electron chi connectivity index (χ0n) is 16.8. The number of nitrogens with zero attached hydrogens (tertiary/aromatic N) is 1. The van der Waals surface area contributed by atoms with E-state index < -0.39 is 12.5 Å². The summed E-state index contributed by atoms with van der Waals surface area (Å²) in [6.07, 6.45) is 19.3. The number of hydrogen-bond acceptors (Lipinski definition) is 3. The zero-order valence-corrected chi connectivity index (χ0v) is 16.8. The summed E-state index contributed by atoms with van der Waals surface area (Å²) in [5, 5.41) is 19.1. The second-order valence-electron chi connectivity index (χ2n) is 7.45. The van der Waals surface area contributed by atoms with Gasteiger partial charge in [-0.05, 0) is 20.3 Å². The third kappa shape index (κ3) is 15.4. The molecule has 2 unspecified atom stereocenters. The molecule has 0 amide bonds. The van der Waals surface area contributed by atoms with Crippen molar-refractivity contribution in [3.8, 4) is 0 Å². The molecule has 0 heterocycles. The third-order valence-corrected chi connectivity index (χ3v) is 4.98. The summed E-state index contributed by atoms with van der Waals surface area (Å²) in [6, 6.07) is 0. The van der Waals surface area contributed by atoms with Gasteiger partial charge in [-0.15, -0.1) is 0 Å². The van der Waals surface area contributed by atoms with E-state index in [2.05, 4.69) is 6.92 Å². The first-order valence-electron chi connectivity index (χ1n) is 10.7. The first-order valence-corrected chi connectivity index (χ1v) is 10.7. The molecule has 0 bridgehead atoms. The summed E-state index contributed by atoms with van der Waals surface area (Å²) in [7, 11) is 0. The molecule has 0 saturated carbocycles. The number of aliphatic hydroxyl groups is 2. The largest absolute Gasteiger partial charge is 0.379 e. The van der Waals surface area contributed by atoms with Gasteiger partial charge in [0.15, 0.2) is 0 Å². The van der Waals surface area contributed by atoms with Gasteiger partial charge in [-0.1, -0.05) is 96.8 Å². The molecule has 0 aliphatic rings.